The summed E-state index contributed by atoms with van der Waals surface area (Å²) in [5.41, 5.74) is 2.25. The minimum Gasteiger partial charge on any atom is -0.313 e. The highest BCUT2D eigenvalue weighted by molar-refractivity contribution is 5.17. The lowest BCUT2D eigenvalue weighted by Crippen LogP contribution is -2.41. The van der Waals surface area contributed by atoms with Gasteiger partial charge in [0.05, 0.1) is 0 Å². The SMILES string of the molecule is CNC(C1=CCCCCC1)C1(C)CCCC1. The van der Waals surface area contributed by atoms with Crippen LogP contribution in [0.25, 0.3) is 0 Å². The summed E-state index contributed by atoms with van der Waals surface area (Å²) in [6, 6.07) is 0.646. The number of rotatable bonds is 3. The van der Waals surface area contributed by atoms with Gasteiger partial charge in [-0.05, 0) is 51.0 Å². The van der Waals surface area contributed by atoms with Crippen LogP contribution in [0.15, 0.2) is 11.6 Å². The van der Waals surface area contributed by atoms with Gasteiger partial charge in [-0.15, -0.1) is 0 Å². The van der Waals surface area contributed by atoms with Gasteiger partial charge in [0.25, 0.3) is 0 Å². The second-order valence-corrected chi connectivity index (χ2v) is 5.96. The molecule has 0 aromatic rings. The first-order chi connectivity index (χ1) is 7.76. The van der Waals surface area contributed by atoms with Crippen LogP contribution >= 0.6 is 0 Å². The molecular weight excluding hydrogens is 194 g/mol. The summed E-state index contributed by atoms with van der Waals surface area (Å²) < 4.78 is 0. The standard InChI is InChI=1S/C15H27N/c1-15(11-7-8-12-15)14(16-2)13-9-5-3-4-6-10-13/h9,14,16H,3-8,10-12H2,1-2H3. The number of hydrogen-bond donors (Lipinski definition) is 1. The zero-order chi connectivity index (χ0) is 11.4. The van der Waals surface area contributed by atoms with E-state index in [1.807, 2.05) is 0 Å². The summed E-state index contributed by atoms with van der Waals surface area (Å²) in [5.74, 6) is 0. The molecule has 1 atom stereocenters. The molecule has 0 amide bonds. The molecule has 0 radical (unpaired) electrons. The Labute approximate surface area is 101 Å². The number of nitrogens with one attached hydrogen (secondary N) is 1. The van der Waals surface area contributed by atoms with E-state index in [-0.39, 0.29) is 0 Å². The second kappa shape index (κ2) is 5.35. The molecule has 16 heavy (non-hydrogen) atoms. The lowest BCUT2D eigenvalue weighted by atomic mass is 9.76. The first-order valence-corrected chi connectivity index (χ1v) is 7.12. The summed E-state index contributed by atoms with van der Waals surface area (Å²) in [5, 5.41) is 3.61. The Morgan fingerprint density at radius 3 is 2.56 bits per heavy atom. The van der Waals surface area contributed by atoms with Crippen LogP contribution in [-0.4, -0.2) is 13.1 Å². The maximum atomic E-state index is 3.61. The molecule has 1 heteroatoms. The van der Waals surface area contributed by atoms with E-state index in [9.17, 15) is 0 Å². The molecule has 0 spiro atoms. The molecule has 0 aromatic carbocycles. The Balaban J connectivity index is 2.11. The predicted octanol–water partition coefficient (Wildman–Crippen LogP) is 4.05. The average molecular weight is 221 g/mol. The van der Waals surface area contributed by atoms with Crippen molar-refractivity contribution >= 4 is 0 Å². The van der Waals surface area contributed by atoms with Crippen molar-refractivity contribution in [2.75, 3.05) is 7.05 Å². The van der Waals surface area contributed by atoms with Crippen LogP contribution in [0.3, 0.4) is 0 Å². The lowest BCUT2D eigenvalue weighted by molar-refractivity contribution is 0.255. The fraction of sp³-hybridized carbons (Fsp3) is 0.867. The molecule has 92 valence electrons. The van der Waals surface area contributed by atoms with E-state index in [0.717, 1.165) is 0 Å². The summed E-state index contributed by atoms with van der Waals surface area (Å²) in [6.07, 6.45) is 15.1. The highest BCUT2D eigenvalue weighted by Crippen LogP contribution is 2.43. The van der Waals surface area contributed by atoms with Crippen LogP contribution in [0.1, 0.15) is 64.7 Å². The monoisotopic (exact) mass is 221 g/mol. The average Bonchev–Trinajstić information content (AvgIpc) is 2.54. The van der Waals surface area contributed by atoms with Gasteiger partial charge in [-0.25, -0.2) is 0 Å². The van der Waals surface area contributed by atoms with Crippen LogP contribution in [0.5, 0.6) is 0 Å². The summed E-state index contributed by atoms with van der Waals surface area (Å²) >= 11 is 0. The molecule has 2 aliphatic rings. The fourth-order valence-electron chi connectivity index (χ4n) is 3.75. The van der Waals surface area contributed by atoms with Gasteiger partial charge in [-0.1, -0.05) is 37.8 Å². The molecule has 1 unspecified atom stereocenters. The molecule has 1 saturated carbocycles. The van der Waals surface area contributed by atoms with Crippen LogP contribution in [-0.2, 0) is 0 Å². The quantitative estimate of drug-likeness (QED) is 0.709. The van der Waals surface area contributed by atoms with Gasteiger partial charge in [0, 0.05) is 6.04 Å². The van der Waals surface area contributed by atoms with E-state index in [4.69, 9.17) is 0 Å². The maximum absolute atomic E-state index is 3.61. The first-order valence-electron chi connectivity index (χ1n) is 7.12. The Kier molecular flexibility index (Phi) is 4.07. The van der Waals surface area contributed by atoms with Crippen molar-refractivity contribution in [1.29, 1.82) is 0 Å². The van der Waals surface area contributed by atoms with E-state index in [1.54, 1.807) is 5.57 Å². The molecule has 0 saturated heterocycles. The van der Waals surface area contributed by atoms with Gasteiger partial charge in [0.1, 0.15) is 0 Å². The maximum Gasteiger partial charge on any atom is 0.0330 e. The van der Waals surface area contributed by atoms with Crippen molar-refractivity contribution in [3.05, 3.63) is 11.6 Å². The Morgan fingerprint density at radius 2 is 1.88 bits per heavy atom. The second-order valence-electron chi connectivity index (χ2n) is 5.96. The Morgan fingerprint density at radius 1 is 1.12 bits per heavy atom. The minimum absolute atomic E-state index is 0.533. The summed E-state index contributed by atoms with van der Waals surface area (Å²) in [4.78, 5) is 0. The molecule has 1 nitrogen and oxygen atoms in total. The Hall–Kier alpha value is -0.300. The molecule has 2 rings (SSSR count). The molecular formula is C15H27N. The van der Waals surface area contributed by atoms with E-state index in [1.165, 1.54) is 57.8 Å². The number of likely N-dealkylation sites (N-methyl/N-ethyl adjacent to an activating group) is 1. The molecule has 0 aliphatic heterocycles. The van der Waals surface area contributed by atoms with Gasteiger partial charge in [-0.2, -0.15) is 0 Å². The van der Waals surface area contributed by atoms with Gasteiger partial charge < -0.3 is 5.32 Å². The smallest absolute Gasteiger partial charge is 0.0330 e. The van der Waals surface area contributed by atoms with Gasteiger partial charge in [0.15, 0.2) is 0 Å². The first kappa shape index (κ1) is 12.2. The largest absolute Gasteiger partial charge is 0.313 e. The van der Waals surface area contributed by atoms with Crippen molar-refractivity contribution in [2.24, 2.45) is 5.41 Å². The van der Waals surface area contributed by atoms with Crippen molar-refractivity contribution < 1.29 is 0 Å². The van der Waals surface area contributed by atoms with Crippen LogP contribution in [0, 0.1) is 5.41 Å². The normalized spacial score (nSPS) is 27.2. The van der Waals surface area contributed by atoms with Crippen LogP contribution < -0.4 is 5.32 Å². The summed E-state index contributed by atoms with van der Waals surface area (Å²) in [7, 11) is 2.15. The van der Waals surface area contributed by atoms with Crippen molar-refractivity contribution in [1.82, 2.24) is 5.32 Å². The third-order valence-electron chi connectivity index (χ3n) is 4.68. The molecule has 0 heterocycles. The Bertz CT molecular complexity index is 248. The van der Waals surface area contributed by atoms with E-state index >= 15 is 0 Å². The summed E-state index contributed by atoms with van der Waals surface area (Å²) in [6.45, 7) is 2.49. The van der Waals surface area contributed by atoms with Gasteiger partial charge >= 0.3 is 0 Å². The third-order valence-corrected chi connectivity index (χ3v) is 4.68. The van der Waals surface area contributed by atoms with Gasteiger partial charge in [-0.3, -0.25) is 0 Å². The predicted molar refractivity (Wildman–Crippen MR) is 70.6 cm³/mol. The highest BCUT2D eigenvalue weighted by atomic mass is 14.9. The zero-order valence-corrected chi connectivity index (χ0v) is 11.0. The third kappa shape index (κ3) is 2.51. The highest BCUT2D eigenvalue weighted by Gasteiger charge is 2.37. The molecule has 0 aromatic heterocycles. The van der Waals surface area contributed by atoms with Gasteiger partial charge in [0.2, 0.25) is 0 Å². The van der Waals surface area contributed by atoms with Crippen molar-refractivity contribution in [2.45, 2.75) is 70.8 Å². The van der Waals surface area contributed by atoms with E-state index in [2.05, 4.69) is 25.4 Å². The fourth-order valence-corrected chi connectivity index (χ4v) is 3.75. The van der Waals surface area contributed by atoms with Crippen LogP contribution in [0.2, 0.25) is 0 Å². The van der Waals surface area contributed by atoms with E-state index < -0.39 is 0 Å². The number of allylic oxidation sites excluding steroid dienone is 1. The molecule has 2 aliphatic carbocycles. The minimum atomic E-state index is 0.533. The number of hydrogen-bond acceptors (Lipinski definition) is 1. The zero-order valence-electron chi connectivity index (χ0n) is 11.0. The molecule has 1 N–H and O–H groups in total. The molecule has 1 fully saturated rings. The lowest BCUT2D eigenvalue weighted by Gasteiger charge is -2.36. The van der Waals surface area contributed by atoms with Crippen molar-refractivity contribution in [3.8, 4) is 0 Å². The van der Waals surface area contributed by atoms with E-state index in [0.29, 0.717) is 11.5 Å². The van der Waals surface area contributed by atoms with Crippen molar-refractivity contribution in [3.63, 3.8) is 0 Å². The molecule has 0 bridgehead atoms. The topological polar surface area (TPSA) is 12.0 Å². The van der Waals surface area contributed by atoms with Crippen LogP contribution in [0.4, 0.5) is 0 Å².